The Bertz CT molecular complexity index is 113. The molecular formula is C9H17N. The van der Waals surface area contributed by atoms with Crippen LogP contribution in [0, 0.1) is 11.8 Å². The normalized spacial score (nSPS) is 48.0. The molecule has 0 radical (unpaired) electrons. The first-order valence-electron chi connectivity index (χ1n) is 4.46. The largest absolute Gasteiger partial charge is 0.303 e. The van der Waals surface area contributed by atoms with Crippen molar-refractivity contribution < 1.29 is 0 Å². The van der Waals surface area contributed by atoms with E-state index in [0.717, 1.165) is 17.9 Å². The van der Waals surface area contributed by atoms with Crippen LogP contribution in [0.15, 0.2) is 0 Å². The minimum atomic E-state index is 0.845. The van der Waals surface area contributed by atoms with Crippen LogP contribution in [0.4, 0.5) is 0 Å². The molecule has 2 bridgehead atoms. The average molecular weight is 139 g/mol. The van der Waals surface area contributed by atoms with Gasteiger partial charge >= 0.3 is 0 Å². The van der Waals surface area contributed by atoms with Crippen molar-refractivity contribution in [2.24, 2.45) is 11.8 Å². The Kier molecular flexibility index (Phi) is 1.48. The molecule has 1 unspecified atom stereocenters. The summed E-state index contributed by atoms with van der Waals surface area (Å²) in [5.41, 5.74) is 0. The topological polar surface area (TPSA) is 3.24 Å². The minimum absolute atomic E-state index is 0.845. The van der Waals surface area contributed by atoms with Gasteiger partial charge in [0.1, 0.15) is 0 Å². The fourth-order valence-corrected chi connectivity index (χ4v) is 2.46. The van der Waals surface area contributed by atoms with Gasteiger partial charge in [-0.1, -0.05) is 0 Å². The lowest BCUT2D eigenvalue weighted by Crippen LogP contribution is -2.30. The summed E-state index contributed by atoms with van der Waals surface area (Å²) in [6.07, 6.45) is 4.50. The van der Waals surface area contributed by atoms with Gasteiger partial charge in [-0.15, -0.1) is 0 Å². The number of hydrogen-bond acceptors (Lipinski definition) is 1. The average Bonchev–Trinajstić information content (AvgIpc) is 1.97. The molecule has 1 atom stereocenters. The summed E-state index contributed by atoms with van der Waals surface area (Å²) in [7, 11) is 2.27. The van der Waals surface area contributed by atoms with Crippen molar-refractivity contribution in [2.75, 3.05) is 13.6 Å². The summed E-state index contributed by atoms with van der Waals surface area (Å²) < 4.78 is 0. The van der Waals surface area contributed by atoms with Crippen LogP contribution >= 0.6 is 0 Å². The van der Waals surface area contributed by atoms with E-state index < -0.39 is 0 Å². The molecule has 0 aromatic heterocycles. The zero-order valence-electron chi connectivity index (χ0n) is 7.01. The Hall–Kier alpha value is -0.0400. The lowest BCUT2D eigenvalue weighted by Gasteiger charge is -2.31. The standard InChI is InChI=1S/C9H17N/c1-7-3-8-4-9(5-8)6-10(7)2/h7-9H,3-6H2,1-2H3. The van der Waals surface area contributed by atoms with Crippen LogP contribution in [0.1, 0.15) is 26.2 Å². The van der Waals surface area contributed by atoms with Gasteiger partial charge in [-0.05, 0) is 45.1 Å². The molecule has 2 saturated heterocycles. The molecule has 3 aliphatic rings. The highest BCUT2D eigenvalue weighted by atomic mass is 15.1. The Morgan fingerprint density at radius 1 is 1.10 bits per heavy atom. The fourth-order valence-electron chi connectivity index (χ4n) is 2.46. The van der Waals surface area contributed by atoms with Crippen LogP contribution < -0.4 is 0 Å². The van der Waals surface area contributed by atoms with E-state index in [9.17, 15) is 0 Å². The first-order chi connectivity index (χ1) is 4.75. The third-order valence-electron chi connectivity index (χ3n) is 3.31. The van der Waals surface area contributed by atoms with Gasteiger partial charge in [0.25, 0.3) is 0 Å². The molecule has 3 fully saturated rings. The lowest BCUT2D eigenvalue weighted by molar-refractivity contribution is 0.195. The maximum atomic E-state index is 2.53. The Morgan fingerprint density at radius 3 is 2.50 bits per heavy atom. The second-order valence-corrected chi connectivity index (χ2v) is 4.23. The van der Waals surface area contributed by atoms with E-state index in [1.165, 1.54) is 25.8 Å². The Balaban J connectivity index is 2.01. The fraction of sp³-hybridized carbons (Fsp3) is 1.00. The summed E-state index contributed by atoms with van der Waals surface area (Å²) >= 11 is 0. The molecule has 1 aliphatic carbocycles. The second kappa shape index (κ2) is 2.23. The van der Waals surface area contributed by atoms with E-state index >= 15 is 0 Å². The molecule has 0 N–H and O–H groups in total. The molecular weight excluding hydrogens is 122 g/mol. The van der Waals surface area contributed by atoms with Crippen LogP contribution in [0.25, 0.3) is 0 Å². The molecule has 58 valence electrons. The van der Waals surface area contributed by atoms with Crippen LogP contribution in [-0.2, 0) is 0 Å². The highest BCUT2D eigenvalue weighted by Crippen LogP contribution is 2.40. The van der Waals surface area contributed by atoms with Gasteiger partial charge in [0.15, 0.2) is 0 Å². The van der Waals surface area contributed by atoms with E-state index in [-0.39, 0.29) is 0 Å². The highest BCUT2D eigenvalue weighted by Gasteiger charge is 2.35. The molecule has 2 aliphatic heterocycles. The molecule has 0 aromatic carbocycles. The van der Waals surface area contributed by atoms with Gasteiger partial charge in [0.2, 0.25) is 0 Å². The molecule has 2 heterocycles. The number of rotatable bonds is 0. The molecule has 0 spiro atoms. The van der Waals surface area contributed by atoms with E-state index in [4.69, 9.17) is 0 Å². The van der Waals surface area contributed by atoms with Crippen molar-refractivity contribution in [1.82, 2.24) is 4.90 Å². The van der Waals surface area contributed by atoms with E-state index in [1.807, 2.05) is 0 Å². The van der Waals surface area contributed by atoms with Crippen LogP contribution in [0.3, 0.4) is 0 Å². The van der Waals surface area contributed by atoms with Gasteiger partial charge in [0, 0.05) is 12.6 Å². The zero-order chi connectivity index (χ0) is 7.14. The predicted octanol–water partition coefficient (Wildman–Crippen LogP) is 1.74. The summed E-state index contributed by atoms with van der Waals surface area (Å²) in [4.78, 5) is 2.53. The van der Waals surface area contributed by atoms with Crippen molar-refractivity contribution in [3.8, 4) is 0 Å². The highest BCUT2D eigenvalue weighted by molar-refractivity contribution is 4.88. The summed E-state index contributed by atoms with van der Waals surface area (Å²) in [5.74, 6) is 2.14. The van der Waals surface area contributed by atoms with Crippen LogP contribution in [-0.4, -0.2) is 24.5 Å². The minimum Gasteiger partial charge on any atom is -0.303 e. The summed E-state index contributed by atoms with van der Waals surface area (Å²) in [5, 5.41) is 0. The van der Waals surface area contributed by atoms with E-state index in [2.05, 4.69) is 18.9 Å². The molecule has 3 rings (SSSR count). The maximum absolute atomic E-state index is 2.53. The maximum Gasteiger partial charge on any atom is 0.00666 e. The number of nitrogens with zero attached hydrogens (tertiary/aromatic N) is 1. The monoisotopic (exact) mass is 139 g/mol. The van der Waals surface area contributed by atoms with E-state index in [0.29, 0.717) is 0 Å². The van der Waals surface area contributed by atoms with Gasteiger partial charge in [-0.3, -0.25) is 0 Å². The van der Waals surface area contributed by atoms with Gasteiger partial charge in [-0.2, -0.15) is 0 Å². The van der Waals surface area contributed by atoms with Crippen molar-refractivity contribution in [2.45, 2.75) is 32.2 Å². The second-order valence-electron chi connectivity index (χ2n) is 4.23. The summed E-state index contributed by atoms with van der Waals surface area (Å²) in [6.45, 7) is 3.72. The third kappa shape index (κ3) is 0.968. The summed E-state index contributed by atoms with van der Waals surface area (Å²) in [6, 6.07) is 0.845. The molecule has 0 amide bonds. The van der Waals surface area contributed by atoms with Crippen LogP contribution in [0.5, 0.6) is 0 Å². The van der Waals surface area contributed by atoms with E-state index in [1.54, 1.807) is 0 Å². The number of hydrogen-bond donors (Lipinski definition) is 0. The molecule has 10 heavy (non-hydrogen) atoms. The lowest BCUT2D eigenvalue weighted by atomic mass is 9.74. The first-order valence-corrected chi connectivity index (χ1v) is 4.46. The smallest absolute Gasteiger partial charge is 0.00666 e. The Labute approximate surface area is 63.4 Å². The first kappa shape index (κ1) is 6.66. The van der Waals surface area contributed by atoms with Gasteiger partial charge in [0.05, 0.1) is 0 Å². The predicted molar refractivity (Wildman–Crippen MR) is 42.9 cm³/mol. The third-order valence-corrected chi connectivity index (χ3v) is 3.31. The van der Waals surface area contributed by atoms with Gasteiger partial charge < -0.3 is 4.90 Å². The van der Waals surface area contributed by atoms with Crippen molar-refractivity contribution in [3.05, 3.63) is 0 Å². The molecule has 1 saturated carbocycles. The Morgan fingerprint density at radius 2 is 1.80 bits per heavy atom. The van der Waals surface area contributed by atoms with Crippen molar-refractivity contribution in [1.29, 1.82) is 0 Å². The molecule has 1 heteroatoms. The molecule has 0 aromatic rings. The zero-order valence-corrected chi connectivity index (χ0v) is 7.01. The number of fused-ring (bicyclic) bond motifs is 3. The van der Waals surface area contributed by atoms with Crippen LogP contribution in [0.2, 0.25) is 0 Å². The SMILES string of the molecule is CC1CC2CC(C2)CN1C. The quantitative estimate of drug-likeness (QED) is 0.494. The van der Waals surface area contributed by atoms with Crippen molar-refractivity contribution in [3.63, 3.8) is 0 Å². The van der Waals surface area contributed by atoms with Crippen molar-refractivity contribution >= 4 is 0 Å². The van der Waals surface area contributed by atoms with Gasteiger partial charge in [-0.25, -0.2) is 0 Å². The molecule has 1 nitrogen and oxygen atoms in total.